The minimum Gasteiger partial charge on any atom is -0.478 e. The van der Waals surface area contributed by atoms with Crippen molar-refractivity contribution in [1.29, 1.82) is 0 Å². The van der Waals surface area contributed by atoms with Gasteiger partial charge in [-0.15, -0.1) is 4.83 Å². The highest BCUT2D eigenvalue weighted by Gasteiger charge is 2.24. The zero-order chi connectivity index (χ0) is 21.3. The molecule has 2 N–H and O–H groups in total. The molecule has 11 heteroatoms. The minimum atomic E-state index is -4.09. The average molecular weight is 424 g/mol. The van der Waals surface area contributed by atoms with Gasteiger partial charge in [-0.25, -0.2) is 28.2 Å². The van der Waals surface area contributed by atoms with Crippen molar-refractivity contribution in [3.63, 3.8) is 0 Å². The van der Waals surface area contributed by atoms with E-state index >= 15 is 0 Å². The molecule has 0 radical (unpaired) electrons. The van der Waals surface area contributed by atoms with Crippen molar-refractivity contribution in [2.24, 2.45) is 7.05 Å². The predicted molar refractivity (Wildman–Crippen MR) is 109 cm³/mol. The molecule has 0 amide bonds. The quantitative estimate of drug-likeness (QED) is 0.450. The van der Waals surface area contributed by atoms with Crippen molar-refractivity contribution in [2.45, 2.75) is 5.03 Å². The van der Waals surface area contributed by atoms with Gasteiger partial charge in [-0.1, -0.05) is 18.2 Å². The van der Waals surface area contributed by atoms with Crippen molar-refractivity contribution in [2.75, 3.05) is 5.01 Å². The number of fused-ring (bicyclic) bond motifs is 1. The number of carbonyl (C=O) groups is 1. The fraction of sp³-hybridized carbons (Fsp3) is 0.0526. The Balaban J connectivity index is 1.83. The Kier molecular flexibility index (Phi) is 4.90. The molecule has 0 saturated carbocycles. The molecule has 0 aliphatic carbocycles. The van der Waals surface area contributed by atoms with E-state index in [2.05, 4.69) is 19.8 Å². The maximum Gasteiger partial charge on any atom is 0.335 e. The molecule has 0 aliphatic rings. The zero-order valence-electron chi connectivity index (χ0n) is 15.7. The van der Waals surface area contributed by atoms with E-state index in [-0.39, 0.29) is 22.1 Å². The Morgan fingerprint density at radius 1 is 1.10 bits per heavy atom. The summed E-state index contributed by atoms with van der Waals surface area (Å²) >= 11 is 0. The molecule has 10 nitrogen and oxygen atoms in total. The van der Waals surface area contributed by atoms with E-state index in [4.69, 9.17) is 0 Å². The molecule has 0 fully saturated rings. The lowest BCUT2D eigenvalue weighted by atomic mass is 10.2. The molecule has 0 aliphatic heterocycles. The van der Waals surface area contributed by atoms with Crippen LogP contribution in [0.5, 0.6) is 0 Å². The number of carboxylic acids is 1. The summed E-state index contributed by atoms with van der Waals surface area (Å²) in [6, 6.07) is 12.9. The molecule has 2 aromatic heterocycles. The van der Waals surface area contributed by atoms with E-state index < -0.39 is 16.0 Å². The second kappa shape index (κ2) is 7.54. The fourth-order valence-electron chi connectivity index (χ4n) is 2.76. The van der Waals surface area contributed by atoms with E-state index in [0.29, 0.717) is 11.0 Å². The summed E-state index contributed by atoms with van der Waals surface area (Å²) in [6.07, 6.45) is 4.11. The lowest BCUT2D eigenvalue weighted by Crippen LogP contribution is -2.39. The van der Waals surface area contributed by atoms with Crippen LogP contribution in [0.25, 0.3) is 11.0 Å². The molecule has 0 unspecified atom stereocenters. The Morgan fingerprint density at radius 3 is 2.57 bits per heavy atom. The normalized spacial score (nSPS) is 11.5. The molecule has 4 aromatic rings. The first kappa shape index (κ1) is 19.5. The van der Waals surface area contributed by atoms with E-state index in [9.17, 15) is 18.3 Å². The average Bonchev–Trinajstić information content (AvgIpc) is 3.19. The third-order valence-electron chi connectivity index (χ3n) is 4.18. The molecule has 0 spiro atoms. The zero-order valence-corrected chi connectivity index (χ0v) is 16.5. The number of anilines is 2. The Labute approximate surface area is 171 Å². The number of sulfonamides is 1. The van der Waals surface area contributed by atoms with E-state index in [1.807, 2.05) is 6.07 Å². The first-order chi connectivity index (χ1) is 14.3. The van der Waals surface area contributed by atoms with Crippen LogP contribution < -0.4 is 9.84 Å². The van der Waals surface area contributed by atoms with Crippen LogP contribution in [-0.2, 0) is 17.1 Å². The summed E-state index contributed by atoms with van der Waals surface area (Å²) in [5.41, 5.74) is 1.42. The first-order valence-electron chi connectivity index (χ1n) is 8.69. The molecule has 4 rings (SSSR count). The number of benzene rings is 2. The van der Waals surface area contributed by atoms with Crippen molar-refractivity contribution in [1.82, 2.24) is 24.4 Å². The molecule has 152 valence electrons. The molecule has 0 saturated heterocycles. The van der Waals surface area contributed by atoms with Gasteiger partial charge in [0.05, 0.1) is 34.8 Å². The van der Waals surface area contributed by atoms with Crippen molar-refractivity contribution >= 4 is 38.5 Å². The predicted octanol–water partition coefficient (Wildman–Crippen LogP) is 2.09. The molecule has 30 heavy (non-hydrogen) atoms. The number of aromatic nitrogens is 4. The Hall–Kier alpha value is -3.83. The van der Waals surface area contributed by atoms with Gasteiger partial charge < -0.3 is 9.67 Å². The summed E-state index contributed by atoms with van der Waals surface area (Å²) in [6.45, 7) is 0. The summed E-state index contributed by atoms with van der Waals surface area (Å²) in [5, 5.41) is 10.3. The Bertz CT molecular complexity index is 1350. The highest BCUT2D eigenvalue weighted by molar-refractivity contribution is 7.89. The number of hydrazine groups is 1. The second-order valence-corrected chi connectivity index (χ2v) is 7.99. The number of nitrogens with zero attached hydrogens (tertiary/aromatic N) is 5. The van der Waals surface area contributed by atoms with Crippen LogP contribution in [0.3, 0.4) is 0 Å². The van der Waals surface area contributed by atoms with E-state index in [1.165, 1.54) is 41.5 Å². The monoisotopic (exact) mass is 424 g/mol. The van der Waals surface area contributed by atoms with Crippen LogP contribution in [-0.4, -0.2) is 39.0 Å². The van der Waals surface area contributed by atoms with E-state index in [1.54, 1.807) is 31.3 Å². The van der Waals surface area contributed by atoms with Crippen molar-refractivity contribution < 1.29 is 18.3 Å². The highest BCUT2D eigenvalue weighted by Crippen LogP contribution is 2.25. The van der Waals surface area contributed by atoms with Crippen molar-refractivity contribution in [3.05, 3.63) is 72.8 Å². The lowest BCUT2D eigenvalue weighted by Gasteiger charge is -2.24. The fourth-order valence-corrected chi connectivity index (χ4v) is 3.78. The summed E-state index contributed by atoms with van der Waals surface area (Å²) in [4.78, 5) is 26.5. The number of hydrogen-bond donors (Lipinski definition) is 2. The van der Waals surface area contributed by atoms with Gasteiger partial charge in [-0.3, -0.25) is 4.98 Å². The van der Waals surface area contributed by atoms with Gasteiger partial charge in [0.2, 0.25) is 0 Å². The summed E-state index contributed by atoms with van der Waals surface area (Å²) in [5.74, 6) is -0.982. The number of hydrogen-bond acceptors (Lipinski definition) is 7. The van der Waals surface area contributed by atoms with Gasteiger partial charge in [-0.05, 0) is 30.3 Å². The minimum absolute atomic E-state index is 0.0108. The third kappa shape index (κ3) is 3.83. The molecular formula is C19H16N6O4S. The van der Waals surface area contributed by atoms with E-state index in [0.717, 1.165) is 5.01 Å². The van der Waals surface area contributed by atoms with Gasteiger partial charge in [0.25, 0.3) is 10.0 Å². The molecule has 2 aromatic carbocycles. The topological polar surface area (TPSA) is 130 Å². The largest absolute Gasteiger partial charge is 0.478 e. The lowest BCUT2D eigenvalue weighted by molar-refractivity contribution is 0.0697. The van der Waals surface area contributed by atoms with Gasteiger partial charge in [0, 0.05) is 13.2 Å². The number of nitrogens with one attached hydrogen (secondary N) is 1. The molecule has 0 atom stereocenters. The smallest absolute Gasteiger partial charge is 0.335 e. The van der Waals surface area contributed by atoms with Crippen LogP contribution in [0.15, 0.2) is 72.3 Å². The molecular weight excluding hydrogens is 408 g/mol. The van der Waals surface area contributed by atoms with Gasteiger partial charge in [0.15, 0.2) is 10.8 Å². The van der Waals surface area contributed by atoms with Crippen LogP contribution in [0.2, 0.25) is 0 Å². The van der Waals surface area contributed by atoms with Gasteiger partial charge in [0.1, 0.15) is 0 Å². The first-order valence-corrected chi connectivity index (χ1v) is 10.2. The van der Waals surface area contributed by atoms with Gasteiger partial charge >= 0.3 is 5.97 Å². The number of rotatable bonds is 6. The maximum absolute atomic E-state index is 12.9. The number of aryl methyl sites for hydroxylation is 1. The molecule has 2 heterocycles. The number of imidazole rings is 1. The Morgan fingerprint density at radius 2 is 1.87 bits per heavy atom. The SMILES string of the molecule is Cn1cnc(S(=O)(=O)NN(c2cccc(C(=O)O)c2)c2cnc3ccccc3n2)c1. The summed E-state index contributed by atoms with van der Waals surface area (Å²) < 4.78 is 27.3. The number of carboxylic acid groups (broad SMARTS) is 1. The van der Waals surface area contributed by atoms with Crippen LogP contribution in [0.1, 0.15) is 10.4 Å². The van der Waals surface area contributed by atoms with Crippen molar-refractivity contribution in [3.8, 4) is 0 Å². The number of para-hydroxylation sites is 2. The second-order valence-electron chi connectivity index (χ2n) is 6.38. The van der Waals surface area contributed by atoms with Crippen LogP contribution in [0, 0.1) is 0 Å². The third-order valence-corrected chi connectivity index (χ3v) is 5.37. The summed E-state index contributed by atoms with van der Waals surface area (Å²) in [7, 11) is -2.44. The van der Waals surface area contributed by atoms with Crippen LogP contribution >= 0.6 is 0 Å². The maximum atomic E-state index is 12.9. The standard InChI is InChI=1S/C19H16N6O4S/c1-24-11-18(21-12-24)30(28,29)23-25(14-6-4-5-13(9-14)19(26)27)17-10-20-15-7-2-3-8-16(15)22-17/h2-12,23H,1H3,(H,26,27). The number of aromatic carboxylic acids is 1. The van der Waals surface area contributed by atoms with Crippen LogP contribution in [0.4, 0.5) is 11.5 Å². The molecule has 0 bridgehead atoms. The van der Waals surface area contributed by atoms with Gasteiger partial charge in [-0.2, -0.15) is 0 Å². The highest BCUT2D eigenvalue weighted by atomic mass is 32.2.